The summed E-state index contributed by atoms with van der Waals surface area (Å²) in [5, 5.41) is 18.2. The number of carboxylic acid groups (broad SMARTS) is 2. The Kier molecular flexibility index (Phi) is 20.5. The third-order valence-electron chi connectivity index (χ3n) is 8.94. The van der Waals surface area contributed by atoms with E-state index in [0.717, 1.165) is 69.9 Å². The number of esters is 2. The van der Waals surface area contributed by atoms with Gasteiger partial charge in [0.15, 0.2) is 0 Å². The number of ether oxygens (including phenoxy) is 4. The SMILES string of the molecule is C/C(=C\C(=O)O)C(=O)OC(COc1c(C)cc(-c2cc(C)c(OCC(CSCCC3SCCS3)OC(=O)/C(C)=C/C(=O)O)c(C)c2)cc1C)CSCCC1SCCS1. The Morgan fingerprint density at radius 1 is 0.638 bits per heavy atom. The number of carboxylic acids is 2. The lowest BCUT2D eigenvalue weighted by Gasteiger charge is -2.22. The molecule has 16 heteroatoms. The third-order valence-corrected chi connectivity index (χ3v) is 17.5. The summed E-state index contributed by atoms with van der Waals surface area (Å²) in [5.74, 6) is 5.27. The second-order valence-electron chi connectivity index (χ2n) is 14.0. The molecule has 2 aromatic rings. The molecule has 0 saturated carbocycles. The van der Waals surface area contributed by atoms with Crippen LogP contribution < -0.4 is 9.47 Å². The fraction of sp³-hybridized carbons (Fsp3) is 0.524. The first-order chi connectivity index (χ1) is 27.7. The van der Waals surface area contributed by atoms with E-state index in [4.69, 9.17) is 29.2 Å². The summed E-state index contributed by atoms with van der Waals surface area (Å²) in [5.41, 5.74) is 5.70. The van der Waals surface area contributed by atoms with Crippen LogP contribution in [0.4, 0.5) is 0 Å². The Balaban J connectivity index is 1.42. The highest BCUT2D eigenvalue weighted by molar-refractivity contribution is 8.20. The van der Waals surface area contributed by atoms with Crippen LogP contribution in [0.2, 0.25) is 0 Å². The molecule has 2 aliphatic rings. The number of rotatable bonds is 23. The van der Waals surface area contributed by atoms with Crippen LogP contribution in [0.5, 0.6) is 11.5 Å². The first-order valence-electron chi connectivity index (χ1n) is 19.0. The second-order valence-corrected chi connectivity index (χ2v) is 22.1. The summed E-state index contributed by atoms with van der Waals surface area (Å²) in [6.45, 7) is 11.0. The van der Waals surface area contributed by atoms with Gasteiger partial charge in [0, 0.05) is 57.8 Å². The van der Waals surface area contributed by atoms with Gasteiger partial charge >= 0.3 is 23.9 Å². The molecule has 2 atom stereocenters. The molecule has 2 N–H and O–H groups in total. The van der Waals surface area contributed by atoms with Crippen LogP contribution >= 0.6 is 70.6 Å². The maximum Gasteiger partial charge on any atom is 0.334 e. The van der Waals surface area contributed by atoms with Crippen molar-refractivity contribution in [2.45, 2.75) is 75.8 Å². The minimum absolute atomic E-state index is 0.0196. The van der Waals surface area contributed by atoms with Crippen molar-refractivity contribution < 1.29 is 48.3 Å². The molecule has 58 heavy (non-hydrogen) atoms. The van der Waals surface area contributed by atoms with E-state index in [2.05, 4.69) is 24.3 Å². The quantitative estimate of drug-likeness (QED) is 0.0621. The predicted octanol–water partition coefficient (Wildman–Crippen LogP) is 9.09. The van der Waals surface area contributed by atoms with E-state index in [-0.39, 0.29) is 24.4 Å². The maximum atomic E-state index is 12.7. The highest BCUT2D eigenvalue weighted by atomic mass is 32.2. The highest BCUT2D eigenvalue weighted by Gasteiger charge is 2.23. The summed E-state index contributed by atoms with van der Waals surface area (Å²) >= 11 is 11.3. The Morgan fingerprint density at radius 2 is 0.966 bits per heavy atom. The molecular weight excluding hydrogens is 857 g/mol. The summed E-state index contributed by atoms with van der Waals surface area (Å²) in [4.78, 5) is 47.8. The Hall–Kier alpha value is -2.50. The van der Waals surface area contributed by atoms with E-state index < -0.39 is 36.1 Å². The molecule has 0 aliphatic carbocycles. The first kappa shape index (κ1) is 48.2. The number of aryl methyl sites for hydroxylation is 4. The zero-order valence-electron chi connectivity index (χ0n) is 33.9. The summed E-state index contributed by atoms with van der Waals surface area (Å²) in [7, 11) is 0. The topological polar surface area (TPSA) is 146 Å². The zero-order chi connectivity index (χ0) is 42.2. The van der Waals surface area contributed by atoms with Crippen LogP contribution in [-0.4, -0.2) is 115 Å². The smallest absolute Gasteiger partial charge is 0.334 e. The van der Waals surface area contributed by atoms with Gasteiger partial charge in [-0.25, -0.2) is 19.2 Å². The average Bonchev–Trinajstić information content (AvgIpc) is 3.88. The van der Waals surface area contributed by atoms with E-state index in [1.165, 1.54) is 36.9 Å². The van der Waals surface area contributed by atoms with Gasteiger partial charge in [-0.2, -0.15) is 23.5 Å². The molecule has 0 bridgehead atoms. The van der Waals surface area contributed by atoms with Gasteiger partial charge in [0.25, 0.3) is 0 Å². The number of thioether (sulfide) groups is 6. The van der Waals surface area contributed by atoms with E-state index in [0.29, 0.717) is 32.2 Å². The minimum atomic E-state index is -1.20. The maximum absolute atomic E-state index is 12.7. The summed E-state index contributed by atoms with van der Waals surface area (Å²) < 4.78 is 25.3. The van der Waals surface area contributed by atoms with Gasteiger partial charge < -0.3 is 29.2 Å². The number of aliphatic carboxylic acids is 2. The van der Waals surface area contributed by atoms with Crippen LogP contribution in [0, 0.1) is 27.7 Å². The zero-order valence-corrected chi connectivity index (χ0v) is 38.8. The lowest BCUT2D eigenvalue weighted by Crippen LogP contribution is -2.28. The summed E-state index contributed by atoms with van der Waals surface area (Å²) in [6, 6.07) is 8.25. The molecule has 318 valence electrons. The van der Waals surface area contributed by atoms with Gasteiger partial charge in [-0.05, 0) is 124 Å². The van der Waals surface area contributed by atoms with Crippen LogP contribution in [0.25, 0.3) is 11.1 Å². The van der Waals surface area contributed by atoms with Crippen molar-refractivity contribution in [1.29, 1.82) is 0 Å². The van der Waals surface area contributed by atoms with Crippen molar-refractivity contribution in [1.82, 2.24) is 0 Å². The van der Waals surface area contributed by atoms with Crippen molar-refractivity contribution >= 4 is 94.4 Å². The van der Waals surface area contributed by atoms with Crippen molar-refractivity contribution in [3.8, 4) is 22.6 Å². The molecule has 4 rings (SSSR count). The monoisotopic (exact) mass is 910 g/mol. The van der Waals surface area contributed by atoms with E-state index in [1.54, 1.807) is 23.5 Å². The molecule has 0 amide bonds. The number of carbonyl (C=O) groups excluding carboxylic acids is 2. The molecule has 0 spiro atoms. The van der Waals surface area contributed by atoms with Crippen molar-refractivity contribution in [2.24, 2.45) is 0 Å². The Morgan fingerprint density at radius 3 is 1.28 bits per heavy atom. The Bertz CT molecular complexity index is 1630. The largest absolute Gasteiger partial charge is 0.489 e. The molecule has 2 unspecified atom stereocenters. The second kappa shape index (κ2) is 24.7. The van der Waals surface area contributed by atoms with Crippen molar-refractivity contribution in [2.75, 3.05) is 59.2 Å². The fourth-order valence-corrected chi connectivity index (χ4v) is 14.4. The van der Waals surface area contributed by atoms with Crippen molar-refractivity contribution in [3.05, 3.63) is 69.8 Å². The number of benzene rings is 2. The predicted molar refractivity (Wildman–Crippen MR) is 246 cm³/mol. The molecule has 2 aromatic carbocycles. The highest BCUT2D eigenvalue weighted by Crippen LogP contribution is 2.37. The van der Waals surface area contributed by atoms with Gasteiger partial charge in [-0.15, -0.1) is 47.0 Å². The molecule has 2 fully saturated rings. The third kappa shape index (κ3) is 16.2. The number of hydrogen-bond donors (Lipinski definition) is 2. The van der Waals surface area contributed by atoms with Gasteiger partial charge in [-0.3, -0.25) is 0 Å². The van der Waals surface area contributed by atoms with Crippen LogP contribution in [0.1, 0.15) is 48.9 Å². The van der Waals surface area contributed by atoms with Crippen LogP contribution in [0.3, 0.4) is 0 Å². The van der Waals surface area contributed by atoms with Gasteiger partial charge in [0.05, 0.1) is 9.16 Å². The van der Waals surface area contributed by atoms with Gasteiger partial charge in [0.1, 0.15) is 36.9 Å². The minimum Gasteiger partial charge on any atom is -0.489 e. The van der Waals surface area contributed by atoms with E-state index in [9.17, 15) is 19.2 Å². The van der Waals surface area contributed by atoms with Crippen LogP contribution in [-0.2, 0) is 28.7 Å². The molecule has 0 aromatic heterocycles. The molecule has 0 radical (unpaired) electrons. The Labute approximate surface area is 367 Å². The van der Waals surface area contributed by atoms with E-state index >= 15 is 0 Å². The summed E-state index contributed by atoms with van der Waals surface area (Å²) in [6.07, 6.45) is 2.69. The van der Waals surface area contributed by atoms with Crippen molar-refractivity contribution in [3.63, 3.8) is 0 Å². The van der Waals surface area contributed by atoms with Gasteiger partial charge in [-0.1, -0.05) is 0 Å². The lowest BCUT2D eigenvalue weighted by atomic mass is 9.96. The normalized spacial score (nSPS) is 16.2. The van der Waals surface area contributed by atoms with Crippen LogP contribution in [0.15, 0.2) is 47.6 Å². The first-order valence-corrected chi connectivity index (χ1v) is 25.5. The van der Waals surface area contributed by atoms with E-state index in [1.807, 2.05) is 74.7 Å². The molecule has 2 aliphatic heterocycles. The molecular formula is C42H54O10S6. The van der Waals surface area contributed by atoms with Gasteiger partial charge in [0.2, 0.25) is 0 Å². The number of hydrogen-bond acceptors (Lipinski definition) is 14. The fourth-order valence-electron chi connectivity index (χ4n) is 6.19. The standard InChI is InChI=1S/C42H54O10S6/c1-25-15-31(16-26(2)39(25)49-21-33(51-41(47)29(5)19-35(43)44)23-53-9-7-37-55-11-12-56-37)32-17-27(3)40(28(4)18-32)50-22-34(52-42(48)30(6)20-36(45)46)24-54-10-8-38-57-13-14-58-38/h15-20,33-34,37-38H,7-14,21-24H2,1-6H3,(H,43,44)(H,45,46)/b29-19+,30-20+. The lowest BCUT2D eigenvalue weighted by molar-refractivity contribution is -0.145. The average molecular weight is 911 g/mol. The number of carbonyl (C=O) groups is 4. The molecule has 10 nitrogen and oxygen atoms in total. The molecule has 2 heterocycles. The molecule has 2 saturated heterocycles.